The summed E-state index contributed by atoms with van der Waals surface area (Å²) in [6.07, 6.45) is 5.89. The van der Waals surface area contributed by atoms with Crippen LogP contribution in [0.1, 0.15) is 63.8 Å². The number of hydrogen-bond acceptors (Lipinski definition) is 5. The van der Waals surface area contributed by atoms with E-state index in [1.807, 2.05) is 33.8 Å². The summed E-state index contributed by atoms with van der Waals surface area (Å²) in [7, 11) is 0. The van der Waals surface area contributed by atoms with Gasteiger partial charge in [0.15, 0.2) is 5.89 Å². The molecule has 6 nitrogen and oxygen atoms in total. The molecule has 1 saturated carbocycles. The Labute approximate surface area is 135 Å². The number of aromatic nitrogens is 2. The number of nitrogens with zero attached hydrogens (tertiary/aromatic N) is 2. The molecular formula is C17H23N3O3. The molecule has 0 aromatic carbocycles. The smallest absolute Gasteiger partial charge is 0.232 e. The third kappa shape index (κ3) is 2.90. The van der Waals surface area contributed by atoms with Gasteiger partial charge < -0.3 is 8.94 Å². The zero-order chi connectivity index (χ0) is 16.7. The first-order valence-electron chi connectivity index (χ1n) is 8.03. The van der Waals surface area contributed by atoms with Crippen LogP contribution in [-0.4, -0.2) is 16.0 Å². The van der Waals surface area contributed by atoms with Crippen LogP contribution in [0.15, 0.2) is 21.2 Å². The third-order valence-corrected chi connectivity index (χ3v) is 4.47. The number of amides is 1. The minimum Gasteiger partial charge on any atom is -0.445 e. The molecule has 2 aromatic rings. The molecule has 6 heteroatoms. The van der Waals surface area contributed by atoms with Crippen molar-refractivity contribution >= 4 is 11.8 Å². The van der Waals surface area contributed by atoms with Gasteiger partial charge in [-0.2, -0.15) is 0 Å². The molecule has 1 amide bonds. The van der Waals surface area contributed by atoms with Gasteiger partial charge in [-0.1, -0.05) is 38.8 Å². The van der Waals surface area contributed by atoms with Gasteiger partial charge in [0.25, 0.3) is 0 Å². The van der Waals surface area contributed by atoms with Crippen molar-refractivity contribution in [2.75, 3.05) is 5.32 Å². The first kappa shape index (κ1) is 15.8. The van der Waals surface area contributed by atoms with Crippen molar-refractivity contribution in [1.82, 2.24) is 10.1 Å². The quantitative estimate of drug-likeness (QED) is 0.930. The molecule has 0 atom stereocenters. The lowest BCUT2D eigenvalue weighted by Gasteiger charge is -2.22. The second-order valence-corrected chi connectivity index (χ2v) is 7.31. The molecule has 0 radical (unpaired) electrons. The van der Waals surface area contributed by atoms with Gasteiger partial charge in [0, 0.05) is 18.4 Å². The van der Waals surface area contributed by atoms with Gasteiger partial charge >= 0.3 is 0 Å². The molecule has 2 heterocycles. The Hall–Kier alpha value is -2.11. The summed E-state index contributed by atoms with van der Waals surface area (Å²) in [6, 6.07) is 1.81. The van der Waals surface area contributed by atoms with E-state index >= 15 is 0 Å². The van der Waals surface area contributed by atoms with E-state index < -0.39 is 5.41 Å². The van der Waals surface area contributed by atoms with Gasteiger partial charge in [-0.25, -0.2) is 4.98 Å². The Kier molecular flexibility index (Phi) is 3.78. The highest BCUT2D eigenvalue weighted by molar-refractivity contribution is 5.93. The van der Waals surface area contributed by atoms with Crippen molar-refractivity contribution in [1.29, 1.82) is 0 Å². The van der Waals surface area contributed by atoms with Gasteiger partial charge in [0.05, 0.1) is 17.3 Å². The minimum absolute atomic E-state index is 0.101. The van der Waals surface area contributed by atoms with Crippen LogP contribution in [0.3, 0.4) is 0 Å². The number of aryl methyl sites for hydroxylation is 1. The van der Waals surface area contributed by atoms with E-state index in [0.29, 0.717) is 11.8 Å². The molecule has 1 fully saturated rings. The van der Waals surface area contributed by atoms with Gasteiger partial charge in [-0.15, -0.1) is 0 Å². The third-order valence-electron chi connectivity index (χ3n) is 4.47. The lowest BCUT2D eigenvalue weighted by atomic mass is 9.80. The van der Waals surface area contributed by atoms with Crippen LogP contribution in [0, 0.1) is 12.3 Å². The predicted octanol–water partition coefficient (Wildman–Crippen LogP) is 3.82. The van der Waals surface area contributed by atoms with E-state index in [9.17, 15) is 4.79 Å². The van der Waals surface area contributed by atoms with E-state index in [1.54, 1.807) is 6.20 Å². The summed E-state index contributed by atoms with van der Waals surface area (Å²) in [6.45, 7) is 7.41. The van der Waals surface area contributed by atoms with E-state index in [-0.39, 0.29) is 11.3 Å². The SMILES string of the molecule is Cc1ncc(C2(c3cc(NC(=O)C(C)(C)C)on3)CCCC2)o1. The first-order chi connectivity index (χ1) is 10.8. The summed E-state index contributed by atoms with van der Waals surface area (Å²) in [5.41, 5.74) is 0.0190. The molecule has 1 N–H and O–H groups in total. The Bertz CT molecular complexity index is 703. The van der Waals surface area contributed by atoms with Crippen LogP contribution in [0.2, 0.25) is 0 Å². The van der Waals surface area contributed by atoms with Gasteiger partial charge in [-0.3, -0.25) is 10.1 Å². The molecule has 0 unspecified atom stereocenters. The Balaban J connectivity index is 1.89. The highest BCUT2D eigenvalue weighted by Gasteiger charge is 2.43. The maximum absolute atomic E-state index is 12.1. The molecule has 3 rings (SSSR count). The van der Waals surface area contributed by atoms with Crippen LogP contribution in [-0.2, 0) is 10.2 Å². The topological polar surface area (TPSA) is 81.2 Å². The van der Waals surface area contributed by atoms with Gasteiger partial charge in [0.2, 0.25) is 11.8 Å². The summed E-state index contributed by atoms with van der Waals surface area (Å²) >= 11 is 0. The van der Waals surface area contributed by atoms with Crippen LogP contribution in [0.4, 0.5) is 5.88 Å². The molecule has 124 valence electrons. The van der Waals surface area contributed by atoms with Crippen molar-refractivity contribution < 1.29 is 13.7 Å². The minimum atomic E-state index is -0.486. The fourth-order valence-electron chi connectivity index (χ4n) is 3.05. The second kappa shape index (κ2) is 5.51. The molecule has 0 saturated heterocycles. The average molecular weight is 317 g/mol. The number of carbonyl (C=O) groups excluding carboxylic acids is 1. The van der Waals surface area contributed by atoms with Gasteiger partial charge in [-0.05, 0) is 12.8 Å². The first-order valence-corrected chi connectivity index (χ1v) is 8.03. The molecule has 0 spiro atoms. The van der Waals surface area contributed by atoms with Crippen molar-refractivity contribution in [3.8, 4) is 0 Å². The molecule has 1 aliphatic carbocycles. The Morgan fingerprint density at radius 2 is 2.00 bits per heavy atom. The second-order valence-electron chi connectivity index (χ2n) is 7.31. The normalized spacial score (nSPS) is 17.4. The van der Waals surface area contributed by atoms with E-state index in [1.165, 1.54) is 0 Å². The number of oxazole rings is 1. The van der Waals surface area contributed by atoms with E-state index in [4.69, 9.17) is 8.94 Å². The maximum atomic E-state index is 12.1. The van der Waals surface area contributed by atoms with Crippen LogP contribution >= 0.6 is 0 Å². The van der Waals surface area contributed by atoms with Crippen molar-refractivity contribution in [2.45, 2.75) is 58.8 Å². The molecule has 0 bridgehead atoms. The standard InChI is InChI=1S/C17H23N3O3/c1-11-18-10-13(22-11)17(7-5-6-8-17)12-9-14(23-20-12)19-15(21)16(2,3)4/h9-10H,5-8H2,1-4H3,(H,19,21). The number of rotatable bonds is 3. The highest BCUT2D eigenvalue weighted by Crippen LogP contribution is 2.46. The van der Waals surface area contributed by atoms with E-state index in [0.717, 1.165) is 37.1 Å². The van der Waals surface area contributed by atoms with Crippen LogP contribution in [0.25, 0.3) is 0 Å². The summed E-state index contributed by atoms with van der Waals surface area (Å²) < 4.78 is 11.1. The molecular weight excluding hydrogens is 294 g/mol. The monoisotopic (exact) mass is 317 g/mol. The van der Waals surface area contributed by atoms with Gasteiger partial charge in [0.1, 0.15) is 5.76 Å². The van der Waals surface area contributed by atoms with E-state index in [2.05, 4.69) is 15.5 Å². The molecule has 0 aliphatic heterocycles. The fourth-order valence-corrected chi connectivity index (χ4v) is 3.05. The van der Waals surface area contributed by atoms with Crippen molar-refractivity contribution in [3.63, 3.8) is 0 Å². The Morgan fingerprint density at radius 1 is 1.30 bits per heavy atom. The van der Waals surface area contributed by atoms with Crippen molar-refractivity contribution in [3.05, 3.63) is 29.6 Å². The lowest BCUT2D eigenvalue weighted by Crippen LogP contribution is -2.27. The Morgan fingerprint density at radius 3 is 2.57 bits per heavy atom. The fraction of sp³-hybridized carbons (Fsp3) is 0.588. The number of hydrogen-bond donors (Lipinski definition) is 1. The molecule has 23 heavy (non-hydrogen) atoms. The zero-order valence-corrected chi connectivity index (χ0v) is 14.1. The average Bonchev–Trinajstić information content (AvgIpc) is 3.16. The molecule has 1 aliphatic rings. The summed E-state index contributed by atoms with van der Waals surface area (Å²) in [4.78, 5) is 16.3. The number of carbonyl (C=O) groups is 1. The summed E-state index contributed by atoms with van der Waals surface area (Å²) in [5, 5.41) is 7.00. The largest absolute Gasteiger partial charge is 0.445 e. The maximum Gasteiger partial charge on any atom is 0.232 e. The van der Waals surface area contributed by atoms with Crippen molar-refractivity contribution in [2.24, 2.45) is 5.41 Å². The number of anilines is 1. The predicted molar refractivity (Wildman–Crippen MR) is 85.1 cm³/mol. The zero-order valence-electron chi connectivity index (χ0n) is 14.1. The molecule has 2 aromatic heterocycles. The summed E-state index contributed by atoms with van der Waals surface area (Å²) in [5.74, 6) is 1.75. The van der Waals surface area contributed by atoms with Crippen LogP contribution in [0.5, 0.6) is 0 Å². The number of nitrogens with one attached hydrogen (secondary N) is 1. The highest BCUT2D eigenvalue weighted by atomic mass is 16.5. The van der Waals surface area contributed by atoms with Crippen LogP contribution < -0.4 is 5.32 Å². The lowest BCUT2D eigenvalue weighted by molar-refractivity contribution is -0.123.